The van der Waals surface area contributed by atoms with Crippen LogP contribution in [0.25, 0.3) is 0 Å². The van der Waals surface area contributed by atoms with Crippen LogP contribution in [0.2, 0.25) is 0 Å². The van der Waals surface area contributed by atoms with Crippen molar-refractivity contribution in [3.8, 4) is 0 Å². The minimum atomic E-state index is -0.0258. The smallest absolute Gasteiger partial charge is 0.317 e. The van der Waals surface area contributed by atoms with Gasteiger partial charge in [-0.25, -0.2) is 4.79 Å². The van der Waals surface area contributed by atoms with Crippen LogP contribution < -0.4 is 10.6 Å². The molecule has 1 aromatic rings. The third kappa shape index (κ3) is 6.66. The summed E-state index contributed by atoms with van der Waals surface area (Å²) in [5, 5.41) is 5.86. The SMILES string of the molecule is CCCNC(=O)CN1CCN(C(=O)NCCc2ccccc2Br)CC1. The van der Waals surface area contributed by atoms with Gasteiger partial charge in [0, 0.05) is 43.7 Å². The molecule has 0 atom stereocenters. The maximum Gasteiger partial charge on any atom is 0.317 e. The molecule has 1 fully saturated rings. The molecule has 0 aromatic heterocycles. The van der Waals surface area contributed by atoms with E-state index in [2.05, 4.69) is 37.5 Å². The number of nitrogens with zero attached hydrogens (tertiary/aromatic N) is 2. The van der Waals surface area contributed by atoms with E-state index in [-0.39, 0.29) is 11.9 Å². The number of rotatable bonds is 7. The van der Waals surface area contributed by atoms with Gasteiger partial charge in [-0.2, -0.15) is 0 Å². The van der Waals surface area contributed by atoms with Gasteiger partial charge in [0.15, 0.2) is 0 Å². The highest BCUT2D eigenvalue weighted by atomic mass is 79.9. The van der Waals surface area contributed by atoms with Crippen molar-refractivity contribution >= 4 is 27.9 Å². The Morgan fingerprint density at radius 1 is 1.08 bits per heavy atom. The summed E-state index contributed by atoms with van der Waals surface area (Å²) in [6.07, 6.45) is 1.74. The molecule has 1 heterocycles. The maximum atomic E-state index is 12.2. The van der Waals surface area contributed by atoms with Crippen LogP contribution in [0.5, 0.6) is 0 Å². The number of hydrogen-bond acceptors (Lipinski definition) is 3. The highest BCUT2D eigenvalue weighted by Crippen LogP contribution is 2.15. The Balaban J connectivity index is 1.65. The second-order valence-corrected chi connectivity index (χ2v) is 7.04. The van der Waals surface area contributed by atoms with Crippen molar-refractivity contribution in [3.63, 3.8) is 0 Å². The molecule has 1 aromatic carbocycles. The van der Waals surface area contributed by atoms with Crippen molar-refractivity contribution in [1.29, 1.82) is 0 Å². The number of halogens is 1. The average Bonchev–Trinajstić information content (AvgIpc) is 2.62. The summed E-state index contributed by atoms with van der Waals surface area (Å²) in [5.74, 6) is 0.0631. The molecule has 2 rings (SSSR count). The van der Waals surface area contributed by atoms with E-state index >= 15 is 0 Å². The molecule has 7 heteroatoms. The minimum absolute atomic E-state index is 0.0258. The van der Waals surface area contributed by atoms with Crippen LogP contribution in [0.1, 0.15) is 18.9 Å². The van der Waals surface area contributed by atoms with Crippen LogP contribution in [0.4, 0.5) is 4.79 Å². The summed E-state index contributed by atoms with van der Waals surface area (Å²) >= 11 is 3.52. The predicted octanol–water partition coefficient (Wildman–Crippen LogP) is 1.85. The molecule has 1 saturated heterocycles. The molecular formula is C18H27BrN4O2. The molecule has 0 saturated carbocycles. The van der Waals surface area contributed by atoms with Crippen LogP contribution in [-0.2, 0) is 11.2 Å². The molecular weight excluding hydrogens is 384 g/mol. The molecule has 3 amide bonds. The van der Waals surface area contributed by atoms with Crippen LogP contribution >= 0.6 is 15.9 Å². The fraction of sp³-hybridized carbons (Fsp3) is 0.556. The van der Waals surface area contributed by atoms with Gasteiger partial charge >= 0.3 is 6.03 Å². The highest BCUT2D eigenvalue weighted by molar-refractivity contribution is 9.10. The van der Waals surface area contributed by atoms with Crippen molar-refractivity contribution < 1.29 is 9.59 Å². The van der Waals surface area contributed by atoms with Gasteiger partial charge in [0.25, 0.3) is 0 Å². The zero-order valence-corrected chi connectivity index (χ0v) is 16.3. The first kappa shape index (κ1) is 19.7. The van der Waals surface area contributed by atoms with Gasteiger partial charge in [0.1, 0.15) is 0 Å². The summed E-state index contributed by atoms with van der Waals surface area (Å²) < 4.78 is 1.07. The van der Waals surface area contributed by atoms with Crippen LogP contribution in [0, 0.1) is 0 Å². The van der Waals surface area contributed by atoms with Gasteiger partial charge in [-0.05, 0) is 24.5 Å². The predicted molar refractivity (Wildman–Crippen MR) is 103 cm³/mol. The van der Waals surface area contributed by atoms with E-state index in [1.54, 1.807) is 0 Å². The average molecular weight is 411 g/mol. The van der Waals surface area contributed by atoms with Gasteiger partial charge in [-0.3, -0.25) is 9.69 Å². The normalized spacial score (nSPS) is 15.0. The standard InChI is InChI=1S/C18H27BrN4O2/c1-2-8-20-17(24)14-22-10-12-23(13-11-22)18(25)21-9-7-15-5-3-4-6-16(15)19/h3-6H,2,7-14H2,1H3,(H,20,24)(H,21,25). The molecule has 138 valence electrons. The lowest BCUT2D eigenvalue weighted by Gasteiger charge is -2.34. The van der Waals surface area contributed by atoms with Crippen molar-refractivity contribution in [3.05, 3.63) is 34.3 Å². The number of piperazine rings is 1. The molecule has 0 radical (unpaired) electrons. The molecule has 2 N–H and O–H groups in total. The molecule has 0 bridgehead atoms. The van der Waals surface area contributed by atoms with Crippen molar-refractivity contribution in [1.82, 2.24) is 20.4 Å². The van der Waals surface area contributed by atoms with Gasteiger partial charge in [0.2, 0.25) is 5.91 Å². The summed E-state index contributed by atoms with van der Waals surface area (Å²) in [6, 6.07) is 8.01. The number of benzene rings is 1. The lowest BCUT2D eigenvalue weighted by atomic mass is 10.1. The third-order valence-corrected chi connectivity index (χ3v) is 5.00. The van der Waals surface area contributed by atoms with Gasteiger partial charge in [-0.1, -0.05) is 41.1 Å². The first-order valence-electron chi connectivity index (χ1n) is 8.85. The Kier molecular flexibility index (Phi) is 8.21. The Bertz CT molecular complexity index is 574. The Morgan fingerprint density at radius 3 is 2.48 bits per heavy atom. The van der Waals surface area contributed by atoms with E-state index in [4.69, 9.17) is 0 Å². The summed E-state index contributed by atoms with van der Waals surface area (Å²) in [4.78, 5) is 27.9. The summed E-state index contributed by atoms with van der Waals surface area (Å²) in [7, 11) is 0. The number of urea groups is 1. The zero-order valence-electron chi connectivity index (χ0n) is 14.8. The Labute approximate surface area is 158 Å². The monoisotopic (exact) mass is 410 g/mol. The molecule has 6 nitrogen and oxygen atoms in total. The molecule has 0 unspecified atom stereocenters. The van der Waals surface area contributed by atoms with E-state index in [1.165, 1.54) is 5.56 Å². The molecule has 25 heavy (non-hydrogen) atoms. The number of carbonyl (C=O) groups is 2. The van der Waals surface area contributed by atoms with Crippen LogP contribution in [0.15, 0.2) is 28.7 Å². The van der Waals surface area contributed by atoms with Gasteiger partial charge < -0.3 is 15.5 Å². The Morgan fingerprint density at radius 2 is 1.80 bits per heavy atom. The van der Waals surface area contributed by atoms with Crippen molar-refractivity contribution in [2.24, 2.45) is 0 Å². The second-order valence-electron chi connectivity index (χ2n) is 6.19. The quantitative estimate of drug-likeness (QED) is 0.720. The van der Waals surface area contributed by atoms with E-state index < -0.39 is 0 Å². The number of nitrogens with one attached hydrogen (secondary N) is 2. The summed E-state index contributed by atoms with van der Waals surface area (Å²) in [6.45, 7) is 6.56. The molecule has 1 aliphatic heterocycles. The zero-order chi connectivity index (χ0) is 18.1. The minimum Gasteiger partial charge on any atom is -0.355 e. The van der Waals surface area contributed by atoms with Crippen molar-refractivity contribution in [2.75, 3.05) is 45.8 Å². The molecule has 0 spiro atoms. The lowest BCUT2D eigenvalue weighted by molar-refractivity contribution is -0.122. The van der Waals surface area contributed by atoms with Gasteiger partial charge in [0.05, 0.1) is 6.54 Å². The molecule has 0 aliphatic carbocycles. The summed E-state index contributed by atoms with van der Waals surface area (Å²) in [5.41, 5.74) is 1.19. The highest BCUT2D eigenvalue weighted by Gasteiger charge is 2.22. The van der Waals surface area contributed by atoms with E-state index in [0.29, 0.717) is 26.2 Å². The first-order chi connectivity index (χ1) is 12.1. The number of carbonyl (C=O) groups excluding carboxylic acids is 2. The van der Waals surface area contributed by atoms with Crippen molar-refractivity contribution in [2.45, 2.75) is 19.8 Å². The van der Waals surface area contributed by atoms with E-state index in [0.717, 1.165) is 36.9 Å². The lowest BCUT2D eigenvalue weighted by Crippen LogP contribution is -2.53. The number of hydrogen-bond donors (Lipinski definition) is 2. The van der Waals surface area contributed by atoms with Crippen LogP contribution in [0.3, 0.4) is 0 Å². The topological polar surface area (TPSA) is 64.7 Å². The fourth-order valence-electron chi connectivity index (χ4n) is 2.75. The molecule has 1 aliphatic rings. The largest absolute Gasteiger partial charge is 0.355 e. The van der Waals surface area contributed by atoms with E-state index in [9.17, 15) is 9.59 Å². The Hall–Kier alpha value is -1.60. The maximum absolute atomic E-state index is 12.2. The van der Waals surface area contributed by atoms with Gasteiger partial charge in [-0.15, -0.1) is 0 Å². The fourth-order valence-corrected chi connectivity index (χ4v) is 3.23. The third-order valence-electron chi connectivity index (χ3n) is 4.23. The number of amides is 3. The van der Waals surface area contributed by atoms with Crippen LogP contribution in [-0.4, -0.2) is 67.6 Å². The second kappa shape index (κ2) is 10.4. The van der Waals surface area contributed by atoms with E-state index in [1.807, 2.05) is 30.0 Å². The first-order valence-corrected chi connectivity index (χ1v) is 9.64.